The lowest BCUT2D eigenvalue weighted by atomic mass is 9.99. The van der Waals surface area contributed by atoms with Gasteiger partial charge in [-0.2, -0.15) is 0 Å². The van der Waals surface area contributed by atoms with Crippen LogP contribution in [-0.4, -0.2) is 63.7 Å². The Bertz CT molecular complexity index is 1050. The lowest BCUT2D eigenvalue weighted by Gasteiger charge is -2.39. The maximum atomic E-state index is 13.2. The van der Waals surface area contributed by atoms with E-state index in [9.17, 15) is 25.2 Å². The van der Waals surface area contributed by atoms with Crippen LogP contribution in [0.4, 0.5) is 5.69 Å². The summed E-state index contributed by atoms with van der Waals surface area (Å²) in [6, 6.07) is 26.7. The number of ether oxygens (including phenoxy) is 2. The van der Waals surface area contributed by atoms with Gasteiger partial charge in [0.1, 0.15) is 24.4 Å². The summed E-state index contributed by atoms with van der Waals surface area (Å²) in [6.45, 7) is 0.442. The number of aliphatic hydroxyl groups is 4. The molecule has 4 rings (SSSR count). The highest BCUT2D eigenvalue weighted by Crippen LogP contribution is 2.28. The zero-order chi connectivity index (χ0) is 24.8. The van der Waals surface area contributed by atoms with Crippen LogP contribution in [0.5, 0.6) is 0 Å². The Kier molecular flexibility index (Phi) is 8.12. The van der Waals surface area contributed by atoms with Crippen LogP contribution in [0.15, 0.2) is 84.9 Å². The third-order valence-electron chi connectivity index (χ3n) is 5.97. The number of benzene rings is 3. The maximum Gasteiger partial charge on any atom is 0.342 e. The van der Waals surface area contributed by atoms with Crippen molar-refractivity contribution in [3.63, 3.8) is 0 Å². The first-order chi connectivity index (χ1) is 17.0. The van der Waals surface area contributed by atoms with Crippen LogP contribution in [0.3, 0.4) is 0 Å². The number of hydrogen-bond donors (Lipinski definition) is 4. The van der Waals surface area contributed by atoms with E-state index in [-0.39, 0.29) is 5.56 Å². The van der Waals surface area contributed by atoms with Gasteiger partial charge in [-0.1, -0.05) is 72.8 Å². The number of rotatable bonds is 8. The monoisotopic (exact) mass is 479 g/mol. The second kappa shape index (κ2) is 11.4. The van der Waals surface area contributed by atoms with Crippen molar-refractivity contribution in [3.8, 4) is 0 Å². The predicted octanol–water partition coefficient (Wildman–Crippen LogP) is 1.85. The van der Waals surface area contributed by atoms with E-state index in [1.807, 2.05) is 72.8 Å². The molecule has 1 unspecified atom stereocenters. The summed E-state index contributed by atoms with van der Waals surface area (Å²) in [7, 11) is 0. The number of aliphatic hydroxyl groups excluding tert-OH is 4. The molecular weight excluding hydrogens is 450 g/mol. The minimum absolute atomic E-state index is 0.247. The highest BCUT2D eigenvalue weighted by atomic mass is 16.7. The smallest absolute Gasteiger partial charge is 0.342 e. The fourth-order valence-corrected chi connectivity index (χ4v) is 4.09. The van der Waals surface area contributed by atoms with Crippen LogP contribution in [0.25, 0.3) is 0 Å². The average molecular weight is 480 g/mol. The first kappa shape index (κ1) is 24.8. The van der Waals surface area contributed by atoms with Gasteiger partial charge >= 0.3 is 5.97 Å². The molecule has 1 aliphatic rings. The largest absolute Gasteiger partial charge is 0.429 e. The zero-order valence-electron chi connectivity index (χ0n) is 19.1. The second-order valence-corrected chi connectivity index (χ2v) is 8.45. The lowest BCUT2D eigenvalue weighted by Crippen LogP contribution is -2.59. The molecule has 0 aliphatic carbocycles. The number of esters is 1. The Morgan fingerprint density at radius 3 is 1.89 bits per heavy atom. The zero-order valence-corrected chi connectivity index (χ0v) is 19.1. The molecule has 5 atom stereocenters. The predicted molar refractivity (Wildman–Crippen MR) is 128 cm³/mol. The van der Waals surface area contributed by atoms with Crippen LogP contribution in [0, 0.1) is 0 Å². The van der Waals surface area contributed by atoms with Crippen molar-refractivity contribution in [2.24, 2.45) is 0 Å². The Morgan fingerprint density at radius 1 is 0.771 bits per heavy atom. The number of carbonyl (C=O) groups is 1. The van der Waals surface area contributed by atoms with Gasteiger partial charge in [0.2, 0.25) is 6.29 Å². The molecule has 35 heavy (non-hydrogen) atoms. The molecule has 0 spiro atoms. The van der Waals surface area contributed by atoms with Gasteiger partial charge in [-0.3, -0.25) is 0 Å². The lowest BCUT2D eigenvalue weighted by molar-refractivity contribution is -0.285. The maximum absolute atomic E-state index is 13.2. The summed E-state index contributed by atoms with van der Waals surface area (Å²) < 4.78 is 10.8. The first-order valence-corrected chi connectivity index (χ1v) is 11.4. The van der Waals surface area contributed by atoms with Gasteiger partial charge in [0, 0.05) is 13.1 Å². The molecule has 8 heteroatoms. The molecule has 1 heterocycles. The molecule has 0 saturated carbocycles. The molecule has 1 saturated heterocycles. The summed E-state index contributed by atoms with van der Waals surface area (Å²) in [6.07, 6.45) is -7.57. The Morgan fingerprint density at radius 2 is 1.31 bits per heavy atom. The van der Waals surface area contributed by atoms with Gasteiger partial charge < -0.3 is 34.8 Å². The van der Waals surface area contributed by atoms with Crippen molar-refractivity contribution in [1.82, 2.24) is 0 Å². The average Bonchev–Trinajstić information content (AvgIpc) is 2.89. The van der Waals surface area contributed by atoms with Crippen molar-refractivity contribution < 1.29 is 34.7 Å². The number of para-hydroxylation sites is 1. The summed E-state index contributed by atoms with van der Waals surface area (Å²) in [5, 5.41) is 39.7. The van der Waals surface area contributed by atoms with Crippen molar-refractivity contribution in [3.05, 3.63) is 102 Å². The minimum atomic E-state index is -1.67. The summed E-state index contributed by atoms with van der Waals surface area (Å²) in [4.78, 5) is 15.3. The van der Waals surface area contributed by atoms with Gasteiger partial charge in [0.05, 0.1) is 17.9 Å². The molecule has 0 radical (unpaired) electrons. The van der Waals surface area contributed by atoms with Crippen molar-refractivity contribution in [2.75, 3.05) is 11.5 Å². The van der Waals surface area contributed by atoms with E-state index in [0.29, 0.717) is 18.8 Å². The van der Waals surface area contributed by atoms with E-state index in [4.69, 9.17) is 9.47 Å². The van der Waals surface area contributed by atoms with E-state index in [1.165, 1.54) is 0 Å². The molecule has 8 nitrogen and oxygen atoms in total. The molecule has 0 aromatic heterocycles. The van der Waals surface area contributed by atoms with Crippen LogP contribution in [0.2, 0.25) is 0 Å². The van der Waals surface area contributed by atoms with E-state index in [2.05, 4.69) is 4.90 Å². The highest BCUT2D eigenvalue weighted by Gasteiger charge is 2.45. The van der Waals surface area contributed by atoms with Crippen molar-refractivity contribution >= 4 is 11.7 Å². The number of nitrogens with zero attached hydrogens (tertiary/aromatic N) is 1. The fraction of sp³-hybridized carbons (Fsp3) is 0.296. The second-order valence-electron chi connectivity index (χ2n) is 8.45. The molecule has 4 N–H and O–H groups in total. The normalized spacial score (nSPS) is 24.1. The molecular formula is C27H29NO7. The Labute approximate surface area is 203 Å². The summed E-state index contributed by atoms with van der Waals surface area (Å²) >= 11 is 0. The van der Waals surface area contributed by atoms with Gasteiger partial charge in [-0.25, -0.2) is 4.79 Å². The molecule has 3 aromatic rings. The minimum Gasteiger partial charge on any atom is -0.429 e. The van der Waals surface area contributed by atoms with Crippen LogP contribution < -0.4 is 4.90 Å². The van der Waals surface area contributed by atoms with Crippen LogP contribution >= 0.6 is 0 Å². The topological polar surface area (TPSA) is 120 Å². The van der Waals surface area contributed by atoms with Crippen LogP contribution in [-0.2, 0) is 22.6 Å². The highest BCUT2D eigenvalue weighted by molar-refractivity contribution is 5.96. The standard InChI is InChI=1S/C27H29NO7/c29-17-22-23(30)24(31)25(32)27(34-22)35-26(33)20-13-7-8-14-21(20)28(15-18-9-3-1-4-10-18)16-19-11-5-2-6-12-19/h1-14,22-25,27,29-32H,15-17H2/t22-,23-,24+,25-,27?/m1/s1. The summed E-state index contributed by atoms with van der Waals surface area (Å²) in [5.74, 6) is -0.768. The molecule has 0 bridgehead atoms. The van der Waals surface area contributed by atoms with Crippen LogP contribution in [0.1, 0.15) is 21.5 Å². The van der Waals surface area contributed by atoms with E-state index < -0.39 is 43.3 Å². The number of anilines is 1. The van der Waals surface area contributed by atoms with Crippen molar-refractivity contribution in [1.29, 1.82) is 0 Å². The van der Waals surface area contributed by atoms with Gasteiger partial charge in [0.15, 0.2) is 0 Å². The van der Waals surface area contributed by atoms with E-state index >= 15 is 0 Å². The quantitative estimate of drug-likeness (QED) is 0.362. The Balaban J connectivity index is 1.61. The third kappa shape index (κ3) is 5.87. The molecule has 1 aliphatic heterocycles. The molecule has 184 valence electrons. The summed E-state index contributed by atoms with van der Waals surface area (Å²) in [5.41, 5.74) is 2.98. The third-order valence-corrected chi connectivity index (χ3v) is 5.97. The van der Waals surface area contributed by atoms with Gasteiger partial charge in [-0.15, -0.1) is 0 Å². The van der Waals surface area contributed by atoms with E-state index in [1.54, 1.807) is 12.1 Å². The number of hydrogen-bond acceptors (Lipinski definition) is 8. The number of carbonyl (C=O) groups excluding carboxylic acids is 1. The first-order valence-electron chi connectivity index (χ1n) is 11.4. The molecule has 0 amide bonds. The van der Waals surface area contributed by atoms with Crippen molar-refractivity contribution in [2.45, 2.75) is 43.8 Å². The van der Waals surface area contributed by atoms with E-state index in [0.717, 1.165) is 11.1 Å². The SMILES string of the molecule is O=C(OC1O[C@H](CO)[C@@H](O)[C@H](O)[C@H]1O)c1ccccc1N(Cc1ccccc1)Cc1ccccc1. The van der Waals surface area contributed by atoms with Gasteiger partial charge in [0.25, 0.3) is 0 Å². The molecule has 3 aromatic carbocycles. The Hall–Kier alpha value is -3.27. The fourth-order valence-electron chi connectivity index (χ4n) is 4.09. The van der Waals surface area contributed by atoms with Gasteiger partial charge in [-0.05, 0) is 23.3 Å². The molecule has 1 fully saturated rings.